The molecular weight excluding hydrogens is 370 g/mol. The predicted molar refractivity (Wildman–Crippen MR) is 108 cm³/mol. The van der Waals surface area contributed by atoms with E-state index in [1.807, 2.05) is 11.8 Å². The van der Waals surface area contributed by atoms with Crippen LogP contribution < -0.4 is 5.32 Å². The first-order valence-corrected chi connectivity index (χ1v) is 10.1. The molecule has 0 radical (unpaired) electrons. The number of hydrogen-bond donors (Lipinski definition) is 1. The maximum Gasteiger partial charge on any atom is 0.257 e. The third-order valence-electron chi connectivity index (χ3n) is 4.96. The minimum Gasteiger partial charge on any atom is -0.334 e. The molecule has 4 rings (SSSR count). The summed E-state index contributed by atoms with van der Waals surface area (Å²) >= 11 is 2.05. The highest BCUT2D eigenvalue weighted by Gasteiger charge is 2.25. The molecule has 2 saturated heterocycles. The maximum atomic E-state index is 5.51. The molecule has 2 fully saturated rings. The maximum absolute atomic E-state index is 5.51. The van der Waals surface area contributed by atoms with Crippen LogP contribution in [0.4, 0.5) is 0 Å². The lowest BCUT2D eigenvalue weighted by molar-refractivity contribution is 0.190. The Hall–Kier alpha value is -1.12. The zero-order chi connectivity index (χ0) is 17.1. The number of halogens is 1. The summed E-state index contributed by atoms with van der Waals surface area (Å²) in [7, 11) is 2.11. The van der Waals surface area contributed by atoms with E-state index >= 15 is 0 Å². The summed E-state index contributed by atoms with van der Waals surface area (Å²) in [5.74, 6) is 3.86. The Kier molecular flexibility index (Phi) is 6.94. The van der Waals surface area contributed by atoms with E-state index in [0.29, 0.717) is 5.89 Å². The number of piperazine rings is 1. The monoisotopic (exact) mass is 395 g/mol. The van der Waals surface area contributed by atoms with Gasteiger partial charge in [0.05, 0.1) is 6.04 Å². The number of nitrogens with one attached hydrogen (secondary N) is 1. The van der Waals surface area contributed by atoms with E-state index in [4.69, 9.17) is 4.52 Å². The number of likely N-dealkylation sites (N-methyl/N-ethyl adjacent to an activating group) is 1. The van der Waals surface area contributed by atoms with Crippen molar-refractivity contribution in [1.82, 2.24) is 25.3 Å². The fraction of sp³-hybridized carbons (Fsp3) is 0.556. The number of aromatic nitrogens is 2. The van der Waals surface area contributed by atoms with Crippen molar-refractivity contribution in [2.24, 2.45) is 0 Å². The predicted octanol–water partition coefficient (Wildman–Crippen LogP) is 2.28. The van der Waals surface area contributed by atoms with Gasteiger partial charge in [0.1, 0.15) is 0 Å². The minimum absolute atomic E-state index is 0. The number of rotatable bonds is 4. The molecule has 0 saturated carbocycles. The van der Waals surface area contributed by atoms with Crippen LogP contribution in [0.15, 0.2) is 28.8 Å². The van der Waals surface area contributed by atoms with Gasteiger partial charge in [-0.25, -0.2) is 0 Å². The molecule has 1 unspecified atom stereocenters. The largest absolute Gasteiger partial charge is 0.334 e. The third kappa shape index (κ3) is 4.58. The van der Waals surface area contributed by atoms with Crippen LogP contribution >= 0.6 is 24.2 Å². The lowest BCUT2D eigenvalue weighted by Crippen LogP contribution is -2.44. The summed E-state index contributed by atoms with van der Waals surface area (Å²) in [5.41, 5.74) is 2.33. The zero-order valence-corrected chi connectivity index (χ0v) is 16.7. The summed E-state index contributed by atoms with van der Waals surface area (Å²) in [6, 6.07) is 8.72. The zero-order valence-electron chi connectivity index (χ0n) is 15.1. The molecule has 6 nitrogen and oxygen atoms in total. The van der Waals surface area contributed by atoms with Crippen LogP contribution in [0.1, 0.15) is 17.4 Å². The molecule has 8 heteroatoms. The summed E-state index contributed by atoms with van der Waals surface area (Å²) < 4.78 is 5.51. The van der Waals surface area contributed by atoms with Gasteiger partial charge < -0.3 is 9.84 Å². The van der Waals surface area contributed by atoms with Crippen molar-refractivity contribution in [2.45, 2.75) is 12.6 Å². The quantitative estimate of drug-likeness (QED) is 0.852. The van der Waals surface area contributed by atoms with Gasteiger partial charge in [0.25, 0.3) is 5.89 Å². The van der Waals surface area contributed by atoms with E-state index in [0.717, 1.165) is 37.6 Å². The Balaban J connectivity index is 0.00000196. The van der Waals surface area contributed by atoms with Gasteiger partial charge >= 0.3 is 0 Å². The van der Waals surface area contributed by atoms with Crippen LogP contribution in [0.25, 0.3) is 11.5 Å². The average Bonchev–Trinajstić information content (AvgIpc) is 3.13. The summed E-state index contributed by atoms with van der Waals surface area (Å²) in [6.45, 7) is 6.26. The fourth-order valence-corrected chi connectivity index (χ4v) is 4.33. The molecule has 1 aromatic heterocycles. The molecule has 2 aliphatic rings. The molecule has 0 spiro atoms. The smallest absolute Gasteiger partial charge is 0.257 e. The topological polar surface area (TPSA) is 57.4 Å². The van der Waals surface area contributed by atoms with E-state index in [1.54, 1.807) is 0 Å². The first kappa shape index (κ1) is 19.6. The van der Waals surface area contributed by atoms with Gasteiger partial charge in [0.2, 0.25) is 0 Å². The Morgan fingerprint density at radius 1 is 1.19 bits per heavy atom. The minimum atomic E-state index is 0. The molecule has 1 N–H and O–H groups in total. The summed E-state index contributed by atoms with van der Waals surface area (Å²) in [5, 5.41) is 7.59. The number of benzene rings is 1. The molecule has 1 atom stereocenters. The third-order valence-corrected chi connectivity index (χ3v) is 5.90. The van der Waals surface area contributed by atoms with Gasteiger partial charge in [-0.15, -0.1) is 12.4 Å². The van der Waals surface area contributed by atoms with Gasteiger partial charge in [0, 0.05) is 56.3 Å². The van der Waals surface area contributed by atoms with Gasteiger partial charge in [-0.3, -0.25) is 9.80 Å². The van der Waals surface area contributed by atoms with Crippen LogP contribution in [-0.2, 0) is 6.54 Å². The van der Waals surface area contributed by atoms with Crippen LogP contribution in [-0.4, -0.2) is 71.2 Å². The fourth-order valence-electron chi connectivity index (χ4n) is 3.35. The Morgan fingerprint density at radius 3 is 2.69 bits per heavy atom. The highest BCUT2D eigenvalue weighted by atomic mass is 35.5. The Morgan fingerprint density at radius 2 is 1.96 bits per heavy atom. The van der Waals surface area contributed by atoms with Crippen molar-refractivity contribution >= 4 is 24.2 Å². The molecule has 1 aromatic carbocycles. The first-order chi connectivity index (χ1) is 12.3. The molecule has 0 bridgehead atoms. The standard InChI is InChI=1S/C18H25N5OS.ClH/c1-22-7-6-19-12-16(22)17-20-18(24-21-17)15-4-2-14(3-5-15)13-23-8-10-25-11-9-23;/h2-5,16,19H,6-13H2,1H3;1H. The number of hydrogen-bond acceptors (Lipinski definition) is 7. The van der Waals surface area contributed by atoms with Gasteiger partial charge in [-0.1, -0.05) is 17.3 Å². The van der Waals surface area contributed by atoms with Gasteiger partial charge in [-0.2, -0.15) is 16.7 Å². The second-order valence-corrected chi connectivity index (χ2v) is 7.97. The highest BCUT2D eigenvalue weighted by molar-refractivity contribution is 7.99. The summed E-state index contributed by atoms with van der Waals surface area (Å²) in [6.07, 6.45) is 0. The Bertz CT molecular complexity index is 689. The van der Waals surface area contributed by atoms with Crippen molar-refractivity contribution in [3.8, 4) is 11.5 Å². The van der Waals surface area contributed by atoms with Crippen LogP contribution in [0, 0.1) is 0 Å². The van der Waals surface area contributed by atoms with Gasteiger partial charge in [0.15, 0.2) is 5.82 Å². The second-order valence-electron chi connectivity index (χ2n) is 6.74. The molecule has 2 aromatic rings. The van der Waals surface area contributed by atoms with Gasteiger partial charge in [-0.05, 0) is 24.7 Å². The Labute approximate surface area is 165 Å². The normalized spacial score (nSPS) is 22.1. The SMILES string of the molecule is CN1CCNCC1c1noc(-c2ccc(CN3CCSCC3)cc2)n1.Cl. The molecule has 0 amide bonds. The van der Waals surface area contributed by atoms with E-state index in [2.05, 4.69) is 56.6 Å². The molecule has 142 valence electrons. The van der Waals surface area contributed by atoms with E-state index in [9.17, 15) is 0 Å². The van der Waals surface area contributed by atoms with Crippen molar-refractivity contribution in [3.63, 3.8) is 0 Å². The van der Waals surface area contributed by atoms with E-state index in [-0.39, 0.29) is 18.4 Å². The summed E-state index contributed by atoms with van der Waals surface area (Å²) in [4.78, 5) is 9.41. The highest BCUT2D eigenvalue weighted by Crippen LogP contribution is 2.23. The van der Waals surface area contributed by atoms with E-state index < -0.39 is 0 Å². The molecule has 26 heavy (non-hydrogen) atoms. The van der Waals surface area contributed by atoms with Crippen LogP contribution in [0.5, 0.6) is 0 Å². The lowest BCUT2D eigenvalue weighted by atomic mass is 10.1. The lowest BCUT2D eigenvalue weighted by Gasteiger charge is -2.30. The van der Waals surface area contributed by atoms with Crippen molar-refractivity contribution in [1.29, 1.82) is 0 Å². The van der Waals surface area contributed by atoms with Crippen LogP contribution in [0.2, 0.25) is 0 Å². The molecule has 3 heterocycles. The second kappa shape index (κ2) is 9.19. The molecule has 0 aliphatic carbocycles. The average molecular weight is 396 g/mol. The number of nitrogens with zero attached hydrogens (tertiary/aromatic N) is 4. The van der Waals surface area contributed by atoms with E-state index in [1.165, 1.54) is 30.2 Å². The van der Waals surface area contributed by atoms with Crippen molar-refractivity contribution < 1.29 is 4.52 Å². The van der Waals surface area contributed by atoms with Crippen molar-refractivity contribution in [3.05, 3.63) is 35.7 Å². The number of thioether (sulfide) groups is 1. The van der Waals surface area contributed by atoms with Crippen LogP contribution in [0.3, 0.4) is 0 Å². The first-order valence-electron chi connectivity index (χ1n) is 8.93. The molecular formula is C18H26ClN5OS. The van der Waals surface area contributed by atoms with Crippen molar-refractivity contribution in [2.75, 3.05) is 51.3 Å². The molecule has 2 aliphatic heterocycles.